The van der Waals surface area contributed by atoms with Gasteiger partial charge in [-0.3, -0.25) is 0 Å². The minimum atomic E-state index is -0.536. The smallest absolute Gasteiger partial charge is 0.434 e. The molecule has 0 amide bonds. The molecule has 0 N–H and O–H groups in total. The zero-order valence-corrected chi connectivity index (χ0v) is 11.9. The fraction of sp³-hybridized carbons (Fsp3) is 0.867. The number of unbranched alkanes of at least 4 members (excludes halogenated alkanes) is 8. The van der Waals surface area contributed by atoms with Gasteiger partial charge in [0.15, 0.2) is 0 Å². The van der Waals surface area contributed by atoms with Gasteiger partial charge in [-0.1, -0.05) is 65.2 Å². The van der Waals surface area contributed by atoms with Gasteiger partial charge in [0.25, 0.3) is 0 Å². The summed E-state index contributed by atoms with van der Waals surface area (Å²) >= 11 is 0. The second kappa shape index (κ2) is 14.3. The third-order valence-corrected chi connectivity index (χ3v) is 2.83. The van der Waals surface area contributed by atoms with Crippen LogP contribution >= 0.6 is 0 Å². The molecule has 107 valence electrons. The van der Waals surface area contributed by atoms with Crippen LogP contribution in [0, 0.1) is 6.92 Å². The van der Waals surface area contributed by atoms with E-state index in [4.69, 9.17) is 9.47 Å². The molecule has 0 saturated carbocycles. The van der Waals surface area contributed by atoms with Crippen molar-refractivity contribution >= 4 is 6.16 Å². The average Bonchev–Trinajstić information content (AvgIpc) is 2.37. The summed E-state index contributed by atoms with van der Waals surface area (Å²) in [7, 11) is 0. The molecule has 0 aromatic heterocycles. The van der Waals surface area contributed by atoms with Crippen LogP contribution in [-0.2, 0) is 9.47 Å². The van der Waals surface area contributed by atoms with E-state index in [0.717, 1.165) is 25.7 Å². The summed E-state index contributed by atoms with van der Waals surface area (Å²) in [4.78, 5) is 11.1. The van der Waals surface area contributed by atoms with Crippen molar-refractivity contribution in [3.63, 3.8) is 0 Å². The maximum absolute atomic E-state index is 11.1. The maximum atomic E-state index is 11.1. The van der Waals surface area contributed by atoms with Crippen LogP contribution in [0.4, 0.5) is 4.79 Å². The Kier molecular flexibility index (Phi) is 13.8. The minimum Gasteiger partial charge on any atom is -0.434 e. The molecule has 0 spiro atoms. The molecular weight excluding hydrogens is 228 g/mol. The van der Waals surface area contributed by atoms with Crippen LogP contribution in [-0.4, -0.2) is 19.4 Å². The second-order valence-electron chi connectivity index (χ2n) is 4.63. The van der Waals surface area contributed by atoms with Crippen LogP contribution in [0.3, 0.4) is 0 Å². The lowest BCUT2D eigenvalue weighted by molar-refractivity contribution is 0.0535. The van der Waals surface area contributed by atoms with Gasteiger partial charge in [-0.15, -0.1) is 0 Å². The number of carbonyl (C=O) groups is 1. The van der Waals surface area contributed by atoms with E-state index in [0.29, 0.717) is 13.2 Å². The molecule has 0 atom stereocenters. The van der Waals surface area contributed by atoms with Crippen molar-refractivity contribution in [3.8, 4) is 0 Å². The lowest BCUT2D eigenvalue weighted by Crippen LogP contribution is -2.09. The van der Waals surface area contributed by atoms with Crippen LogP contribution in [0.15, 0.2) is 0 Å². The fourth-order valence-corrected chi connectivity index (χ4v) is 1.69. The number of carbonyl (C=O) groups excluding carboxylic acids is 1. The summed E-state index contributed by atoms with van der Waals surface area (Å²) in [6, 6.07) is 0. The Balaban J connectivity index is 3.08. The normalized spacial score (nSPS) is 10.3. The molecule has 0 heterocycles. The van der Waals surface area contributed by atoms with Crippen molar-refractivity contribution in [2.24, 2.45) is 0 Å². The van der Waals surface area contributed by atoms with Gasteiger partial charge in [-0.05, 0) is 12.8 Å². The molecule has 0 aromatic rings. The van der Waals surface area contributed by atoms with Gasteiger partial charge in [0.05, 0.1) is 13.2 Å². The van der Waals surface area contributed by atoms with Crippen LogP contribution in [0.1, 0.15) is 71.1 Å². The largest absolute Gasteiger partial charge is 0.508 e. The van der Waals surface area contributed by atoms with Gasteiger partial charge in [0.2, 0.25) is 0 Å². The highest BCUT2D eigenvalue weighted by Gasteiger charge is 2.02. The average molecular weight is 257 g/mol. The Morgan fingerprint density at radius 2 is 1.33 bits per heavy atom. The van der Waals surface area contributed by atoms with Crippen molar-refractivity contribution < 1.29 is 14.3 Å². The van der Waals surface area contributed by atoms with E-state index >= 15 is 0 Å². The van der Waals surface area contributed by atoms with Crippen LogP contribution in [0.2, 0.25) is 0 Å². The number of ether oxygens (including phenoxy) is 2. The van der Waals surface area contributed by atoms with Crippen LogP contribution in [0.25, 0.3) is 0 Å². The fourth-order valence-electron chi connectivity index (χ4n) is 1.69. The standard InChI is InChI=1S/C15H29O3/c1-3-5-7-8-9-10-11-12-14-18-15(16)17-13-6-4-2/h2-14H2,1H3. The van der Waals surface area contributed by atoms with E-state index in [-0.39, 0.29) is 0 Å². The third-order valence-electron chi connectivity index (χ3n) is 2.83. The van der Waals surface area contributed by atoms with E-state index in [1.807, 2.05) is 0 Å². The predicted molar refractivity (Wildman–Crippen MR) is 74.5 cm³/mol. The highest BCUT2D eigenvalue weighted by molar-refractivity contribution is 5.59. The molecule has 0 rings (SSSR count). The van der Waals surface area contributed by atoms with E-state index < -0.39 is 6.16 Å². The molecule has 0 unspecified atom stereocenters. The Labute approximate surface area is 112 Å². The monoisotopic (exact) mass is 257 g/mol. The van der Waals surface area contributed by atoms with Gasteiger partial charge in [-0.25, -0.2) is 4.79 Å². The van der Waals surface area contributed by atoms with Crippen molar-refractivity contribution in [2.75, 3.05) is 13.2 Å². The number of hydrogen-bond donors (Lipinski definition) is 0. The lowest BCUT2D eigenvalue weighted by atomic mass is 10.1. The first kappa shape index (κ1) is 17.3. The first-order chi connectivity index (χ1) is 8.81. The summed E-state index contributed by atoms with van der Waals surface area (Å²) in [5, 5.41) is 0. The minimum absolute atomic E-state index is 0.416. The summed E-state index contributed by atoms with van der Waals surface area (Å²) in [6.45, 7) is 6.80. The van der Waals surface area contributed by atoms with Gasteiger partial charge in [-0.2, -0.15) is 0 Å². The van der Waals surface area contributed by atoms with E-state index in [2.05, 4.69) is 13.8 Å². The molecule has 0 aliphatic heterocycles. The molecule has 18 heavy (non-hydrogen) atoms. The van der Waals surface area contributed by atoms with E-state index in [1.54, 1.807) is 0 Å². The van der Waals surface area contributed by atoms with Crippen LogP contribution < -0.4 is 0 Å². The molecule has 3 heteroatoms. The quantitative estimate of drug-likeness (QED) is 0.368. The molecule has 1 radical (unpaired) electrons. The molecule has 0 saturated heterocycles. The molecule has 0 aliphatic carbocycles. The summed E-state index contributed by atoms with van der Waals surface area (Å²) in [5.41, 5.74) is 0. The van der Waals surface area contributed by atoms with Gasteiger partial charge in [0, 0.05) is 0 Å². The van der Waals surface area contributed by atoms with Crippen molar-refractivity contribution in [3.05, 3.63) is 6.92 Å². The van der Waals surface area contributed by atoms with E-state index in [1.165, 1.54) is 38.5 Å². The number of hydrogen-bond acceptors (Lipinski definition) is 3. The Morgan fingerprint density at radius 1 is 0.833 bits per heavy atom. The first-order valence-corrected chi connectivity index (χ1v) is 7.40. The second-order valence-corrected chi connectivity index (χ2v) is 4.63. The Bertz CT molecular complexity index is 181. The van der Waals surface area contributed by atoms with Crippen molar-refractivity contribution in [2.45, 2.75) is 71.1 Å². The first-order valence-electron chi connectivity index (χ1n) is 7.40. The third kappa shape index (κ3) is 13.3. The highest BCUT2D eigenvalue weighted by atomic mass is 16.7. The molecule has 0 aromatic carbocycles. The zero-order valence-electron chi connectivity index (χ0n) is 11.9. The Hall–Kier alpha value is -0.730. The SMILES string of the molecule is [CH2]CCCOC(=O)OCCCCCCCCCC. The van der Waals surface area contributed by atoms with Crippen molar-refractivity contribution in [1.29, 1.82) is 0 Å². The van der Waals surface area contributed by atoms with Gasteiger partial charge >= 0.3 is 6.16 Å². The summed E-state index contributed by atoms with van der Waals surface area (Å²) in [5.74, 6) is 0. The van der Waals surface area contributed by atoms with Gasteiger partial charge < -0.3 is 9.47 Å². The van der Waals surface area contributed by atoms with Crippen molar-refractivity contribution in [1.82, 2.24) is 0 Å². The summed E-state index contributed by atoms with van der Waals surface area (Å²) in [6.07, 6.45) is 11.0. The molecule has 0 bridgehead atoms. The maximum Gasteiger partial charge on any atom is 0.508 e. The summed E-state index contributed by atoms with van der Waals surface area (Å²) < 4.78 is 9.81. The lowest BCUT2D eigenvalue weighted by Gasteiger charge is -2.05. The van der Waals surface area contributed by atoms with Crippen LogP contribution in [0.5, 0.6) is 0 Å². The number of rotatable bonds is 12. The predicted octanol–water partition coefficient (Wildman–Crippen LogP) is 4.89. The van der Waals surface area contributed by atoms with Gasteiger partial charge in [0.1, 0.15) is 0 Å². The topological polar surface area (TPSA) is 35.5 Å². The van der Waals surface area contributed by atoms with E-state index in [9.17, 15) is 4.79 Å². The molecular formula is C15H29O3. The Morgan fingerprint density at radius 3 is 1.89 bits per heavy atom. The molecule has 3 nitrogen and oxygen atoms in total. The molecule has 0 fully saturated rings. The highest BCUT2D eigenvalue weighted by Crippen LogP contribution is 2.08. The zero-order chi connectivity index (χ0) is 13.5. The molecule has 0 aliphatic rings.